The number of ether oxygens (including phenoxy) is 1. The highest BCUT2D eigenvalue weighted by atomic mass is 16.5. The van der Waals surface area contributed by atoms with Gasteiger partial charge < -0.3 is 15.4 Å². The number of carbonyl (C=O) groups excluding carboxylic acids is 3. The lowest BCUT2D eigenvalue weighted by Gasteiger charge is -2.29. The average molecular weight is 381 g/mol. The van der Waals surface area contributed by atoms with E-state index in [2.05, 4.69) is 10.6 Å². The standard InChI is InChI=1S/C21H23N3O4/c1-21(2,3)24-18(25)16-9-8-14(11-17(16)19(24)26)23-20(27)22-12-13-6-5-7-15(10-13)28-4/h5-11H,12H2,1-4H3,(H2,22,23,27). The van der Waals surface area contributed by atoms with Gasteiger partial charge in [0, 0.05) is 17.8 Å². The van der Waals surface area contributed by atoms with Crippen molar-refractivity contribution in [1.82, 2.24) is 10.2 Å². The number of nitrogens with one attached hydrogen (secondary N) is 2. The average Bonchev–Trinajstić information content (AvgIpc) is 2.90. The molecule has 0 bridgehead atoms. The molecule has 7 heteroatoms. The van der Waals surface area contributed by atoms with Crippen LogP contribution in [0, 0.1) is 0 Å². The number of carbonyl (C=O) groups is 3. The van der Waals surface area contributed by atoms with E-state index >= 15 is 0 Å². The molecule has 1 aliphatic rings. The topological polar surface area (TPSA) is 87.7 Å². The van der Waals surface area contributed by atoms with E-state index in [1.165, 1.54) is 11.0 Å². The predicted octanol–water partition coefficient (Wildman–Crippen LogP) is 3.41. The SMILES string of the molecule is COc1cccc(CNC(=O)Nc2ccc3c(c2)C(=O)N(C(C)(C)C)C3=O)c1. The fourth-order valence-corrected chi connectivity index (χ4v) is 3.07. The zero-order valence-electron chi connectivity index (χ0n) is 16.3. The van der Waals surface area contributed by atoms with E-state index in [1.54, 1.807) is 40.0 Å². The maximum atomic E-state index is 12.6. The van der Waals surface area contributed by atoms with Crippen LogP contribution in [0.2, 0.25) is 0 Å². The summed E-state index contributed by atoms with van der Waals surface area (Å²) in [6.45, 7) is 5.74. The lowest BCUT2D eigenvalue weighted by molar-refractivity contribution is 0.0507. The molecule has 0 fully saturated rings. The summed E-state index contributed by atoms with van der Waals surface area (Å²) in [5.74, 6) is 0.0411. The molecule has 1 aliphatic heterocycles. The molecule has 2 aromatic rings. The molecule has 0 atom stereocenters. The normalized spacial score (nSPS) is 13.4. The van der Waals surface area contributed by atoms with E-state index in [9.17, 15) is 14.4 Å². The highest BCUT2D eigenvalue weighted by molar-refractivity contribution is 6.22. The van der Waals surface area contributed by atoms with Crippen LogP contribution in [0.1, 0.15) is 47.1 Å². The molecule has 0 spiro atoms. The largest absolute Gasteiger partial charge is 0.497 e. The zero-order chi connectivity index (χ0) is 20.5. The summed E-state index contributed by atoms with van der Waals surface area (Å²) in [6, 6.07) is 11.7. The van der Waals surface area contributed by atoms with Crippen LogP contribution in [-0.2, 0) is 6.54 Å². The van der Waals surface area contributed by atoms with Crippen molar-refractivity contribution in [2.45, 2.75) is 32.9 Å². The Bertz CT molecular complexity index is 947. The summed E-state index contributed by atoms with van der Waals surface area (Å²) in [7, 11) is 1.58. The summed E-state index contributed by atoms with van der Waals surface area (Å²) in [6.07, 6.45) is 0. The molecule has 0 unspecified atom stereocenters. The first-order valence-electron chi connectivity index (χ1n) is 8.91. The molecule has 146 valence electrons. The van der Waals surface area contributed by atoms with E-state index in [0.717, 1.165) is 5.56 Å². The number of methoxy groups -OCH3 is 1. The number of fused-ring (bicyclic) bond motifs is 1. The lowest BCUT2D eigenvalue weighted by atomic mass is 10.1. The molecule has 0 aromatic heterocycles. The number of benzene rings is 2. The van der Waals surface area contributed by atoms with Gasteiger partial charge in [-0.05, 0) is 56.7 Å². The minimum atomic E-state index is -0.616. The van der Waals surface area contributed by atoms with Gasteiger partial charge in [0.1, 0.15) is 5.75 Å². The number of imide groups is 1. The Kier molecular flexibility index (Phi) is 5.09. The molecule has 0 saturated heterocycles. The molecule has 7 nitrogen and oxygen atoms in total. The van der Waals surface area contributed by atoms with Crippen LogP contribution in [-0.4, -0.2) is 35.4 Å². The summed E-state index contributed by atoms with van der Waals surface area (Å²) < 4.78 is 5.16. The minimum Gasteiger partial charge on any atom is -0.497 e. The molecule has 2 N–H and O–H groups in total. The third-order valence-electron chi connectivity index (χ3n) is 4.40. The van der Waals surface area contributed by atoms with E-state index in [0.29, 0.717) is 29.1 Å². The first kappa shape index (κ1) is 19.4. The first-order valence-corrected chi connectivity index (χ1v) is 8.91. The third kappa shape index (κ3) is 3.83. The lowest BCUT2D eigenvalue weighted by Crippen LogP contribution is -2.45. The van der Waals surface area contributed by atoms with Crippen molar-refractivity contribution in [3.8, 4) is 5.75 Å². The highest BCUT2D eigenvalue weighted by Gasteiger charge is 2.41. The summed E-state index contributed by atoms with van der Waals surface area (Å²) in [4.78, 5) is 38.6. The molecular weight excluding hydrogens is 358 g/mol. The second-order valence-electron chi connectivity index (χ2n) is 7.54. The van der Waals surface area contributed by atoms with E-state index in [1.807, 2.05) is 24.3 Å². The predicted molar refractivity (Wildman–Crippen MR) is 106 cm³/mol. The van der Waals surface area contributed by atoms with Gasteiger partial charge in [0.15, 0.2) is 0 Å². The van der Waals surface area contributed by atoms with Gasteiger partial charge in [-0.15, -0.1) is 0 Å². The molecule has 4 amide bonds. The number of hydrogen-bond donors (Lipinski definition) is 2. The summed E-state index contributed by atoms with van der Waals surface area (Å²) in [5, 5.41) is 5.45. The number of nitrogens with zero attached hydrogens (tertiary/aromatic N) is 1. The maximum absolute atomic E-state index is 12.6. The van der Waals surface area contributed by atoms with Gasteiger partial charge in [0.2, 0.25) is 0 Å². The van der Waals surface area contributed by atoms with Crippen molar-refractivity contribution in [3.05, 3.63) is 59.2 Å². The molecule has 0 aliphatic carbocycles. The smallest absolute Gasteiger partial charge is 0.319 e. The van der Waals surface area contributed by atoms with Gasteiger partial charge in [-0.25, -0.2) is 4.79 Å². The van der Waals surface area contributed by atoms with Gasteiger partial charge >= 0.3 is 6.03 Å². The fourth-order valence-electron chi connectivity index (χ4n) is 3.07. The van der Waals surface area contributed by atoms with Crippen LogP contribution < -0.4 is 15.4 Å². The maximum Gasteiger partial charge on any atom is 0.319 e. The van der Waals surface area contributed by atoms with Crippen molar-refractivity contribution < 1.29 is 19.1 Å². The van der Waals surface area contributed by atoms with E-state index in [-0.39, 0.29) is 11.8 Å². The fraction of sp³-hybridized carbons (Fsp3) is 0.286. The van der Waals surface area contributed by atoms with Crippen LogP contribution in [0.15, 0.2) is 42.5 Å². The van der Waals surface area contributed by atoms with Gasteiger partial charge in [0.25, 0.3) is 11.8 Å². The van der Waals surface area contributed by atoms with Gasteiger partial charge in [-0.3, -0.25) is 14.5 Å². The second kappa shape index (κ2) is 7.34. The molecule has 28 heavy (non-hydrogen) atoms. The summed E-state index contributed by atoms with van der Waals surface area (Å²) in [5.41, 5.74) is 1.37. The van der Waals surface area contributed by atoms with Crippen molar-refractivity contribution in [2.75, 3.05) is 12.4 Å². The third-order valence-corrected chi connectivity index (χ3v) is 4.40. The Morgan fingerprint density at radius 3 is 2.43 bits per heavy atom. The van der Waals surface area contributed by atoms with Gasteiger partial charge in [-0.1, -0.05) is 12.1 Å². The minimum absolute atomic E-state index is 0.297. The number of amides is 4. The Labute approximate surface area is 163 Å². The van der Waals surface area contributed by atoms with Crippen molar-refractivity contribution >= 4 is 23.5 Å². The second-order valence-corrected chi connectivity index (χ2v) is 7.54. The number of anilines is 1. The zero-order valence-corrected chi connectivity index (χ0v) is 16.3. The number of urea groups is 1. The van der Waals surface area contributed by atoms with Crippen molar-refractivity contribution in [3.63, 3.8) is 0 Å². The molecular formula is C21H23N3O4. The van der Waals surface area contributed by atoms with Crippen LogP contribution >= 0.6 is 0 Å². The van der Waals surface area contributed by atoms with Crippen LogP contribution in [0.5, 0.6) is 5.75 Å². The van der Waals surface area contributed by atoms with Gasteiger partial charge in [-0.2, -0.15) is 0 Å². The molecule has 0 saturated carbocycles. The Morgan fingerprint density at radius 1 is 1.04 bits per heavy atom. The van der Waals surface area contributed by atoms with Crippen LogP contribution in [0.4, 0.5) is 10.5 Å². The summed E-state index contributed by atoms with van der Waals surface area (Å²) >= 11 is 0. The Balaban J connectivity index is 1.68. The molecule has 0 radical (unpaired) electrons. The van der Waals surface area contributed by atoms with Crippen LogP contribution in [0.25, 0.3) is 0 Å². The number of hydrogen-bond acceptors (Lipinski definition) is 4. The molecule has 2 aromatic carbocycles. The number of rotatable bonds is 4. The monoisotopic (exact) mass is 381 g/mol. The van der Waals surface area contributed by atoms with E-state index < -0.39 is 11.6 Å². The van der Waals surface area contributed by atoms with Crippen LogP contribution in [0.3, 0.4) is 0 Å². The Morgan fingerprint density at radius 2 is 1.75 bits per heavy atom. The van der Waals surface area contributed by atoms with E-state index in [4.69, 9.17) is 4.74 Å². The van der Waals surface area contributed by atoms with Crippen molar-refractivity contribution in [2.24, 2.45) is 0 Å². The van der Waals surface area contributed by atoms with Crippen molar-refractivity contribution in [1.29, 1.82) is 0 Å². The van der Waals surface area contributed by atoms with Gasteiger partial charge in [0.05, 0.1) is 18.2 Å². The molecule has 1 heterocycles. The quantitative estimate of drug-likeness (QED) is 0.795. The highest BCUT2D eigenvalue weighted by Crippen LogP contribution is 2.30. The first-order chi connectivity index (χ1) is 13.2. The Hall–Kier alpha value is -3.35. The molecule has 3 rings (SSSR count).